The summed E-state index contributed by atoms with van der Waals surface area (Å²) in [4.78, 5) is 11.4. The zero-order valence-electron chi connectivity index (χ0n) is 9.04. The molecule has 0 saturated heterocycles. The van der Waals surface area contributed by atoms with Crippen molar-refractivity contribution < 1.29 is 23.1 Å². The van der Waals surface area contributed by atoms with E-state index in [0.29, 0.717) is 10.5 Å². The Labute approximate surface area is 101 Å². The molecule has 94 valence electrons. The summed E-state index contributed by atoms with van der Waals surface area (Å²) in [6, 6.07) is 4.63. The summed E-state index contributed by atoms with van der Waals surface area (Å²) in [6.45, 7) is 1.65. The van der Waals surface area contributed by atoms with Crippen molar-refractivity contribution >= 4 is 17.7 Å². The van der Waals surface area contributed by atoms with E-state index in [1.54, 1.807) is 19.1 Å². The third-order valence-electron chi connectivity index (χ3n) is 2.09. The van der Waals surface area contributed by atoms with Crippen LogP contribution < -0.4 is 0 Å². The molecular weight excluding hydrogens is 253 g/mol. The maximum absolute atomic E-state index is 11.9. The predicted molar refractivity (Wildman–Crippen MR) is 59.5 cm³/mol. The molecule has 6 heteroatoms. The molecule has 0 bridgehead atoms. The molecule has 17 heavy (non-hydrogen) atoms. The summed E-state index contributed by atoms with van der Waals surface area (Å²) < 4.78 is 35.8. The van der Waals surface area contributed by atoms with Crippen molar-refractivity contribution in [3.8, 4) is 0 Å². The topological polar surface area (TPSA) is 37.3 Å². The monoisotopic (exact) mass is 264 g/mol. The zero-order valence-corrected chi connectivity index (χ0v) is 9.86. The van der Waals surface area contributed by atoms with E-state index in [0.717, 1.165) is 11.8 Å². The van der Waals surface area contributed by atoms with E-state index >= 15 is 0 Å². The molecule has 0 amide bonds. The van der Waals surface area contributed by atoms with Crippen molar-refractivity contribution in [3.63, 3.8) is 0 Å². The largest absolute Gasteiger partial charge is 0.478 e. The highest BCUT2D eigenvalue weighted by Crippen LogP contribution is 2.27. The summed E-state index contributed by atoms with van der Waals surface area (Å²) in [5.74, 6) is -1.17. The van der Waals surface area contributed by atoms with Crippen molar-refractivity contribution in [1.29, 1.82) is 0 Å². The molecule has 0 aliphatic carbocycles. The van der Waals surface area contributed by atoms with Gasteiger partial charge in [-0.1, -0.05) is 6.07 Å². The summed E-state index contributed by atoms with van der Waals surface area (Å²) in [6.07, 6.45) is -5.05. The Kier molecular flexibility index (Phi) is 4.45. The van der Waals surface area contributed by atoms with E-state index in [4.69, 9.17) is 5.11 Å². The lowest BCUT2D eigenvalue weighted by Crippen LogP contribution is -2.08. The van der Waals surface area contributed by atoms with Crippen molar-refractivity contribution in [1.82, 2.24) is 0 Å². The van der Waals surface area contributed by atoms with Crippen LogP contribution in [0.15, 0.2) is 23.1 Å². The lowest BCUT2D eigenvalue weighted by atomic mass is 10.1. The fraction of sp³-hybridized carbons (Fsp3) is 0.364. The normalized spacial score (nSPS) is 11.5. The number of rotatable bonds is 4. The van der Waals surface area contributed by atoms with Gasteiger partial charge in [-0.15, -0.1) is 11.8 Å². The van der Waals surface area contributed by atoms with E-state index in [-0.39, 0.29) is 11.3 Å². The second-order valence-electron chi connectivity index (χ2n) is 3.50. The molecule has 0 fully saturated rings. The van der Waals surface area contributed by atoms with Crippen LogP contribution in [0.25, 0.3) is 0 Å². The Morgan fingerprint density at radius 3 is 2.59 bits per heavy atom. The molecule has 2 nitrogen and oxygen atoms in total. The average molecular weight is 264 g/mol. The molecule has 0 spiro atoms. The minimum atomic E-state index is -4.17. The van der Waals surface area contributed by atoms with Gasteiger partial charge in [0, 0.05) is 10.6 Å². The van der Waals surface area contributed by atoms with Gasteiger partial charge < -0.3 is 5.11 Å². The van der Waals surface area contributed by atoms with Gasteiger partial charge in [0.2, 0.25) is 0 Å². The fourth-order valence-corrected chi connectivity index (χ4v) is 2.14. The number of hydrogen-bond acceptors (Lipinski definition) is 2. The smallest absolute Gasteiger partial charge is 0.389 e. The highest BCUT2D eigenvalue weighted by molar-refractivity contribution is 7.99. The Morgan fingerprint density at radius 1 is 1.41 bits per heavy atom. The third-order valence-corrected chi connectivity index (χ3v) is 3.09. The molecule has 0 atom stereocenters. The van der Waals surface area contributed by atoms with E-state index in [2.05, 4.69) is 0 Å². The van der Waals surface area contributed by atoms with Crippen molar-refractivity contribution in [2.45, 2.75) is 24.4 Å². The molecule has 1 N–H and O–H groups in total. The Hall–Kier alpha value is -1.17. The fourth-order valence-electron chi connectivity index (χ4n) is 1.21. The first-order valence-electron chi connectivity index (χ1n) is 4.83. The number of hydrogen-bond donors (Lipinski definition) is 1. The number of aromatic carboxylic acids is 1. The number of carboxylic acids is 1. The van der Waals surface area contributed by atoms with Gasteiger partial charge in [-0.05, 0) is 24.6 Å². The summed E-state index contributed by atoms with van der Waals surface area (Å²) >= 11 is 1.00. The first-order chi connectivity index (χ1) is 7.79. The average Bonchev–Trinajstić information content (AvgIpc) is 2.18. The molecule has 0 unspecified atom stereocenters. The summed E-state index contributed by atoms with van der Waals surface area (Å²) in [7, 11) is 0. The highest BCUT2D eigenvalue weighted by atomic mass is 32.2. The predicted octanol–water partition coefficient (Wildman–Crippen LogP) is 3.74. The number of carboxylic acid groups (broad SMARTS) is 1. The van der Waals surface area contributed by atoms with Crippen LogP contribution in [0.4, 0.5) is 13.2 Å². The van der Waals surface area contributed by atoms with Crippen LogP contribution in [-0.4, -0.2) is 23.0 Å². The maximum Gasteiger partial charge on any atom is 0.389 e. The standard InChI is InChI=1S/C11H11F3O2S/c1-7-2-3-8(6-9(7)10(15)16)17-5-4-11(12,13)14/h2-3,6H,4-5H2,1H3,(H,15,16). The number of thioether (sulfide) groups is 1. The molecule has 0 aliphatic rings. The van der Waals surface area contributed by atoms with Crippen LogP contribution in [0.3, 0.4) is 0 Å². The van der Waals surface area contributed by atoms with Crippen molar-refractivity contribution in [2.24, 2.45) is 0 Å². The van der Waals surface area contributed by atoms with E-state index in [1.165, 1.54) is 6.07 Å². The van der Waals surface area contributed by atoms with E-state index in [9.17, 15) is 18.0 Å². The lowest BCUT2D eigenvalue weighted by molar-refractivity contribution is -0.129. The zero-order chi connectivity index (χ0) is 13.1. The van der Waals surface area contributed by atoms with Crippen molar-refractivity contribution in [3.05, 3.63) is 29.3 Å². The number of benzene rings is 1. The van der Waals surface area contributed by atoms with Gasteiger partial charge in [0.15, 0.2) is 0 Å². The SMILES string of the molecule is Cc1ccc(SCCC(F)(F)F)cc1C(=O)O. The van der Waals surface area contributed by atoms with Gasteiger partial charge in [-0.25, -0.2) is 4.79 Å². The highest BCUT2D eigenvalue weighted by Gasteiger charge is 2.26. The second-order valence-corrected chi connectivity index (χ2v) is 4.66. The molecule has 0 aromatic heterocycles. The Morgan fingerprint density at radius 2 is 2.06 bits per heavy atom. The number of alkyl halides is 3. The molecule has 1 aromatic rings. The first-order valence-corrected chi connectivity index (χ1v) is 5.81. The Bertz CT molecular complexity index is 416. The quantitative estimate of drug-likeness (QED) is 0.842. The number of aryl methyl sites for hydroxylation is 1. The van der Waals surface area contributed by atoms with Gasteiger partial charge in [0.05, 0.1) is 12.0 Å². The summed E-state index contributed by atoms with van der Waals surface area (Å²) in [5.41, 5.74) is 0.722. The Balaban J connectivity index is 2.67. The molecule has 0 saturated carbocycles. The van der Waals surface area contributed by atoms with Gasteiger partial charge in [-0.3, -0.25) is 0 Å². The number of carbonyl (C=O) groups is 1. The van der Waals surface area contributed by atoms with Crippen LogP contribution >= 0.6 is 11.8 Å². The molecular formula is C11H11F3O2S. The van der Waals surface area contributed by atoms with Crippen LogP contribution in [0.2, 0.25) is 0 Å². The molecule has 0 aliphatic heterocycles. The first kappa shape index (κ1) is 13.9. The van der Waals surface area contributed by atoms with Gasteiger partial charge in [-0.2, -0.15) is 13.2 Å². The minimum absolute atomic E-state index is 0.106. The van der Waals surface area contributed by atoms with Gasteiger partial charge >= 0.3 is 12.1 Å². The molecule has 0 heterocycles. The maximum atomic E-state index is 11.9. The minimum Gasteiger partial charge on any atom is -0.478 e. The van der Waals surface area contributed by atoms with Crippen LogP contribution in [0.5, 0.6) is 0 Å². The van der Waals surface area contributed by atoms with Gasteiger partial charge in [0.1, 0.15) is 0 Å². The van der Waals surface area contributed by atoms with Crippen LogP contribution in [-0.2, 0) is 0 Å². The summed E-state index contributed by atoms with van der Waals surface area (Å²) in [5, 5.41) is 8.86. The molecule has 1 aromatic carbocycles. The van der Waals surface area contributed by atoms with Crippen molar-refractivity contribution in [2.75, 3.05) is 5.75 Å². The van der Waals surface area contributed by atoms with E-state index < -0.39 is 18.6 Å². The molecule has 0 radical (unpaired) electrons. The van der Waals surface area contributed by atoms with Crippen LogP contribution in [0, 0.1) is 6.92 Å². The molecule has 1 rings (SSSR count). The third kappa shape index (κ3) is 4.68. The lowest BCUT2D eigenvalue weighted by Gasteiger charge is -2.07. The van der Waals surface area contributed by atoms with Crippen LogP contribution in [0.1, 0.15) is 22.3 Å². The van der Waals surface area contributed by atoms with E-state index in [1.807, 2.05) is 0 Å². The second kappa shape index (κ2) is 5.44. The van der Waals surface area contributed by atoms with Gasteiger partial charge in [0.25, 0.3) is 0 Å². The number of halogens is 3.